The fraction of sp³-hybridized carbons (Fsp3) is 0.571. The van der Waals surface area contributed by atoms with Crippen molar-refractivity contribution in [3.05, 3.63) is 23.4 Å². The molecule has 1 atom stereocenters. The molecule has 2 heterocycles. The molecule has 20 heavy (non-hydrogen) atoms. The summed E-state index contributed by atoms with van der Waals surface area (Å²) in [4.78, 5) is 20.1. The molecule has 1 aliphatic heterocycles. The van der Waals surface area contributed by atoms with Gasteiger partial charge in [-0.25, -0.2) is 4.98 Å². The van der Waals surface area contributed by atoms with E-state index in [-0.39, 0.29) is 11.8 Å². The van der Waals surface area contributed by atoms with Gasteiger partial charge in [-0.1, -0.05) is 25.4 Å². The maximum Gasteiger partial charge on any atom is 0.251 e. The van der Waals surface area contributed by atoms with Crippen molar-refractivity contribution in [1.82, 2.24) is 9.88 Å². The molecule has 5 nitrogen and oxygen atoms in total. The average Bonchev–Trinajstić information content (AvgIpc) is 2.46. The number of anilines is 1. The van der Waals surface area contributed by atoms with Gasteiger partial charge in [-0.15, -0.1) is 0 Å². The van der Waals surface area contributed by atoms with Gasteiger partial charge in [-0.05, 0) is 18.1 Å². The number of hydrogen-bond donors (Lipinski definition) is 1. The summed E-state index contributed by atoms with van der Waals surface area (Å²) in [6.07, 6.45) is 0.793. The molecule has 1 amide bonds. The quantitative estimate of drug-likeness (QED) is 0.916. The lowest BCUT2D eigenvalue weighted by Gasteiger charge is -2.37. The Balaban J connectivity index is 1.96. The van der Waals surface area contributed by atoms with Gasteiger partial charge in [-0.2, -0.15) is 0 Å². The first kappa shape index (κ1) is 15.1. The van der Waals surface area contributed by atoms with Crippen molar-refractivity contribution in [3.63, 3.8) is 0 Å². The van der Waals surface area contributed by atoms with Gasteiger partial charge in [0, 0.05) is 32.4 Å². The number of carbonyl (C=O) groups excluding carboxylic acids is 1. The minimum atomic E-state index is -0.917. The summed E-state index contributed by atoms with van der Waals surface area (Å²) in [5.41, 5.74) is 0. The highest BCUT2D eigenvalue weighted by Gasteiger charge is 2.28. The zero-order chi connectivity index (χ0) is 14.7. The van der Waals surface area contributed by atoms with E-state index in [1.807, 2.05) is 19.9 Å². The molecule has 2 rings (SSSR count). The zero-order valence-electron chi connectivity index (χ0n) is 11.8. The van der Waals surface area contributed by atoms with Gasteiger partial charge in [0.25, 0.3) is 5.91 Å². The molecule has 0 radical (unpaired) electrons. The van der Waals surface area contributed by atoms with E-state index in [9.17, 15) is 9.90 Å². The number of aliphatic hydroxyl groups is 1. The number of pyridine rings is 1. The third-order valence-electron chi connectivity index (χ3n) is 3.51. The lowest BCUT2D eigenvalue weighted by atomic mass is 10.1. The molecule has 1 saturated heterocycles. The van der Waals surface area contributed by atoms with Gasteiger partial charge in [0.1, 0.15) is 11.9 Å². The number of aliphatic hydroxyl groups excluding tert-OH is 1. The third-order valence-corrected chi connectivity index (χ3v) is 3.81. The van der Waals surface area contributed by atoms with Crippen LogP contribution in [0.3, 0.4) is 0 Å². The van der Waals surface area contributed by atoms with Gasteiger partial charge in [0.15, 0.2) is 0 Å². The predicted molar refractivity (Wildman–Crippen MR) is 78.9 cm³/mol. The van der Waals surface area contributed by atoms with Crippen LogP contribution in [-0.4, -0.2) is 53.2 Å². The van der Waals surface area contributed by atoms with Crippen molar-refractivity contribution in [1.29, 1.82) is 0 Å². The van der Waals surface area contributed by atoms with Crippen LogP contribution >= 0.6 is 11.6 Å². The Morgan fingerprint density at radius 1 is 1.35 bits per heavy atom. The normalized spacial score (nSPS) is 17.4. The van der Waals surface area contributed by atoms with Crippen LogP contribution in [0.1, 0.15) is 13.8 Å². The Labute approximate surface area is 124 Å². The Kier molecular flexibility index (Phi) is 4.83. The lowest BCUT2D eigenvalue weighted by Crippen LogP contribution is -2.52. The minimum absolute atomic E-state index is 0.0641. The molecule has 0 unspecified atom stereocenters. The second-order valence-corrected chi connectivity index (χ2v) is 5.72. The maximum absolute atomic E-state index is 12.1. The smallest absolute Gasteiger partial charge is 0.251 e. The summed E-state index contributed by atoms with van der Waals surface area (Å²) >= 11 is 6.12. The number of rotatable bonds is 3. The average molecular weight is 298 g/mol. The number of hydrogen-bond acceptors (Lipinski definition) is 4. The molecule has 0 aromatic carbocycles. The van der Waals surface area contributed by atoms with E-state index < -0.39 is 6.10 Å². The Hall–Kier alpha value is -1.33. The van der Waals surface area contributed by atoms with Crippen LogP contribution in [0.15, 0.2) is 18.3 Å². The monoisotopic (exact) mass is 297 g/mol. The predicted octanol–water partition coefficient (Wildman–Crippen LogP) is 1.40. The van der Waals surface area contributed by atoms with Crippen LogP contribution in [0.2, 0.25) is 5.02 Å². The number of carbonyl (C=O) groups is 1. The van der Waals surface area contributed by atoms with E-state index in [1.54, 1.807) is 17.2 Å². The lowest BCUT2D eigenvalue weighted by molar-refractivity contribution is -0.142. The van der Waals surface area contributed by atoms with Gasteiger partial charge >= 0.3 is 0 Å². The molecule has 1 aliphatic rings. The van der Waals surface area contributed by atoms with E-state index >= 15 is 0 Å². The van der Waals surface area contributed by atoms with Crippen molar-refractivity contribution in [2.45, 2.75) is 20.0 Å². The zero-order valence-corrected chi connectivity index (χ0v) is 12.5. The first-order chi connectivity index (χ1) is 9.50. The van der Waals surface area contributed by atoms with Crippen molar-refractivity contribution >= 4 is 23.3 Å². The molecule has 110 valence electrons. The molecular formula is C14H20ClN3O2. The van der Waals surface area contributed by atoms with Gasteiger partial charge in [-0.3, -0.25) is 4.79 Å². The van der Waals surface area contributed by atoms with Gasteiger partial charge < -0.3 is 14.9 Å². The Bertz CT molecular complexity index is 473. The summed E-state index contributed by atoms with van der Waals surface area (Å²) in [6.45, 7) is 6.19. The fourth-order valence-electron chi connectivity index (χ4n) is 2.22. The topological polar surface area (TPSA) is 56.7 Å². The number of piperazine rings is 1. The molecule has 1 N–H and O–H groups in total. The van der Waals surface area contributed by atoms with E-state index in [4.69, 9.17) is 11.6 Å². The number of nitrogens with zero attached hydrogens (tertiary/aromatic N) is 3. The second-order valence-electron chi connectivity index (χ2n) is 5.31. The molecular weight excluding hydrogens is 278 g/mol. The standard InChI is InChI=1S/C14H20ClN3O2/c1-10(2)12(19)14(20)18-8-6-17(7-9-18)13-11(15)4-3-5-16-13/h3-5,10,12,19H,6-9H2,1-2H3/t12-/m0/s1. The van der Waals surface area contributed by atoms with Crippen LogP contribution < -0.4 is 4.90 Å². The van der Waals surface area contributed by atoms with Crippen LogP contribution in [0.25, 0.3) is 0 Å². The largest absolute Gasteiger partial charge is 0.383 e. The van der Waals surface area contributed by atoms with Gasteiger partial charge in [0.2, 0.25) is 0 Å². The Morgan fingerprint density at radius 3 is 2.55 bits per heavy atom. The maximum atomic E-state index is 12.1. The summed E-state index contributed by atoms with van der Waals surface area (Å²) in [6, 6.07) is 3.61. The first-order valence-electron chi connectivity index (χ1n) is 6.83. The minimum Gasteiger partial charge on any atom is -0.383 e. The summed E-state index contributed by atoms with van der Waals surface area (Å²) in [7, 11) is 0. The van der Waals surface area contributed by atoms with Crippen molar-refractivity contribution in [2.24, 2.45) is 5.92 Å². The number of amides is 1. The van der Waals surface area contributed by atoms with Crippen LogP contribution in [-0.2, 0) is 4.79 Å². The molecule has 0 saturated carbocycles. The summed E-state index contributed by atoms with van der Waals surface area (Å²) in [5.74, 6) is 0.503. The van der Waals surface area contributed by atoms with Crippen LogP contribution in [0.4, 0.5) is 5.82 Å². The molecule has 0 spiro atoms. The van der Waals surface area contributed by atoms with E-state index in [0.29, 0.717) is 31.2 Å². The number of halogens is 1. The fourth-order valence-corrected chi connectivity index (χ4v) is 2.46. The highest BCUT2D eigenvalue weighted by molar-refractivity contribution is 6.32. The van der Waals surface area contributed by atoms with Crippen molar-refractivity contribution < 1.29 is 9.90 Å². The van der Waals surface area contributed by atoms with Crippen LogP contribution in [0.5, 0.6) is 0 Å². The van der Waals surface area contributed by atoms with E-state index in [2.05, 4.69) is 9.88 Å². The molecule has 1 fully saturated rings. The number of aromatic nitrogens is 1. The highest BCUT2D eigenvalue weighted by atomic mass is 35.5. The van der Waals surface area contributed by atoms with Gasteiger partial charge in [0.05, 0.1) is 5.02 Å². The highest BCUT2D eigenvalue weighted by Crippen LogP contribution is 2.23. The summed E-state index contributed by atoms with van der Waals surface area (Å²) < 4.78 is 0. The molecule has 6 heteroatoms. The third kappa shape index (κ3) is 3.22. The summed E-state index contributed by atoms with van der Waals surface area (Å²) in [5, 5.41) is 10.5. The second kappa shape index (κ2) is 6.41. The molecule has 1 aromatic heterocycles. The van der Waals surface area contributed by atoms with E-state index in [1.165, 1.54) is 0 Å². The molecule has 0 aliphatic carbocycles. The molecule has 0 bridgehead atoms. The first-order valence-corrected chi connectivity index (χ1v) is 7.21. The van der Waals surface area contributed by atoms with Crippen LogP contribution in [0, 0.1) is 5.92 Å². The Morgan fingerprint density at radius 2 is 2.00 bits per heavy atom. The SMILES string of the molecule is CC(C)[C@H](O)C(=O)N1CCN(c2ncccc2Cl)CC1. The van der Waals surface area contributed by atoms with E-state index in [0.717, 1.165) is 5.82 Å². The molecule has 1 aromatic rings. The van der Waals surface area contributed by atoms with Crippen molar-refractivity contribution in [2.75, 3.05) is 31.1 Å². The van der Waals surface area contributed by atoms with Crippen molar-refractivity contribution in [3.8, 4) is 0 Å².